The number of hydrogen-bond acceptors (Lipinski definition) is 1. The normalized spacial score (nSPS) is 21.2. The van der Waals surface area contributed by atoms with Gasteiger partial charge in [0.1, 0.15) is 0 Å². The summed E-state index contributed by atoms with van der Waals surface area (Å²) in [5.41, 5.74) is 0. The standard InChI is InChI=1S/C15H31N/c1-4-8-13(3)15(16-11-5-2)12-14-9-6-7-10-14/h13-16H,4-12H2,1-3H3. The molecule has 0 amide bonds. The molecule has 1 saturated carbocycles. The van der Waals surface area contributed by atoms with E-state index in [1.165, 1.54) is 57.9 Å². The van der Waals surface area contributed by atoms with Gasteiger partial charge in [-0.2, -0.15) is 0 Å². The Balaban J connectivity index is 2.34. The number of rotatable bonds is 8. The summed E-state index contributed by atoms with van der Waals surface area (Å²) >= 11 is 0. The van der Waals surface area contributed by atoms with E-state index in [-0.39, 0.29) is 0 Å². The first-order valence-corrected chi connectivity index (χ1v) is 7.51. The van der Waals surface area contributed by atoms with Crippen molar-refractivity contribution in [2.45, 2.75) is 78.2 Å². The average molecular weight is 225 g/mol. The van der Waals surface area contributed by atoms with Crippen molar-refractivity contribution in [3.63, 3.8) is 0 Å². The Kier molecular flexibility index (Phi) is 7.11. The van der Waals surface area contributed by atoms with Crippen molar-refractivity contribution in [1.82, 2.24) is 5.32 Å². The Morgan fingerprint density at radius 1 is 1.12 bits per heavy atom. The van der Waals surface area contributed by atoms with Crippen LogP contribution in [-0.4, -0.2) is 12.6 Å². The predicted molar refractivity (Wildman–Crippen MR) is 72.7 cm³/mol. The van der Waals surface area contributed by atoms with Crippen LogP contribution < -0.4 is 5.32 Å². The molecule has 0 spiro atoms. The Bertz CT molecular complexity index is 161. The quantitative estimate of drug-likeness (QED) is 0.647. The van der Waals surface area contributed by atoms with Crippen molar-refractivity contribution in [1.29, 1.82) is 0 Å². The van der Waals surface area contributed by atoms with E-state index in [9.17, 15) is 0 Å². The first-order chi connectivity index (χ1) is 7.77. The summed E-state index contributed by atoms with van der Waals surface area (Å²) in [6.45, 7) is 8.21. The van der Waals surface area contributed by atoms with Gasteiger partial charge in [0.2, 0.25) is 0 Å². The van der Waals surface area contributed by atoms with Crippen LogP contribution in [0.1, 0.15) is 72.1 Å². The van der Waals surface area contributed by atoms with Gasteiger partial charge in [-0.3, -0.25) is 0 Å². The van der Waals surface area contributed by atoms with Crippen LogP contribution >= 0.6 is 0 Å². The molecule has 2 atom stereocenters. The molecule has 0 aromatic heterocycles. The van der Waals surface area contributed by atoms with Crippen LogP contribution in [0.4, 0.5) is 0 Å². The minimum atomic E-state index is 0.781. The smallest absolute Gasteiger partial charge is 0.00953 e. The van der Waals surface area contributed by atoms with Crippen LogP contribution in [0.3, 0.4) is 0 Å². The minimum Gasteiger partial charge on any atom is -0.314 e. The molecule has 1 heteroatoms. The molecule has 2 unspecified atom stereocenters. The third-order valence-electron chi connectivity index (χ3n) is 4.15. The van der Waals surface area contributed by atoms with Gasteiger partial charge >= 0.3 is 0 Å². The molecule has 0 aromatic rings. The molecule has 1 rings (SSSR count). The Morgan fingerprint density at radius 3 is 2.38 bits per heavy atom. The van der Waals surface area contributed by atoms with Crippen molar-refractivity contribution >= 4 is 0 Å². The summed E-state index contributed by atoms with van der Waals surface area (Å²) in [5, 5.41) is 3.78. The van der Waals surface area contributed by atoms with Gasteiger partial charge in [-0.15, -0.1) is 0 Å². The molecule has 1 N–H and O–H groups in total. The lowest BCUT2D eigenvalue weighted by atomic mass is 9.88. The molecule has 1 aliphatic rings. The minimum absolute atomic E-state index is 0.781. The predicted octanol–water partition coefficient (Wildman–Crippen LogP) is 4.37. The second kappa shape index (κ2) is 8.11. The summed E-state index contributed by atoms with van der Waals surface area (Å²) in [5.74, 6) is 1.88. The van der Waals surface area contributed by atoms with E-state index in [4.69, 9.17) is 0 Å². The fourth-order valence-electron chi connectivity index (χ4n) is 3.11. The molecule has 0 aromatic carbocycles. The van der Waals surface area contributed by atoms with Gasteiger partial charge in [0.15, 0.2) is 0 Å². The van der Waals surface area contributed by atoms with E-state index in [0.717, 1.165) is 17.9 Å². The molecule has 96 valence electrons. The number of hydrogen-bond donors (Lipinski definition) is 1. The summed E-state index contributed by atoms with van der Waals surface area (Å²) in [7, 11) is 0. The summed E-state index contributed by atoms with van der Waals surface area (Å²) in [4.78, 5) is 0. The van der Waals surface area contributed by atoms with Gasteiger partial charge in [-0.1, -0.05) is 52.9 Å². The molecular weight excluding hydrogens is 194 g/mol. The van der Waals surface area contributed by atoms with Gasteiger partial charge in [-0.05, 0) is 37.6 Å². The molecule has 0 saturated heterocycles. The number of nitrogens with one attached hydrogen (secondary N) is 1. The lowest BCUT2D eigenvalue weighted by Crippen LogP contribution is -2.37. The molecule has 1 fully saturated rings. The monoisotopic (exact) mass is 225 g/mol. The Labute approximate surface area is 102 Å². The summed E-state index contributed by atoms with van der Waals surface area (Å²) < 4.78 is 0. The van der Waals surface area contributed by atoms with Crippen LogP contribution in [0.2, 0.25) is 0 Å². The highest BCUT2D eigenvalue weighted by atomic mass is 14.9. The van der Waals surface area contributed by atoms with Crippen LogP contribution in [0.5, 0.6) is 0 Å². The van der Waals surface area contributed by atoms with Crippen molar-refractivity contribution in [2.24, 2.45) is 11.8 Å². The van der Waals surface area contributed by atoms with Crippen molar-refractivity contribution in [3.8, 4) is 0 Å². The zero-order valence-electron chi connectivity index (χ0n) is 11.6. The molecular formula is C15H31N. The van der Waals surface area contributed by atoms with Crippen molar-refractivity contribution < 1.29 is 0 Å². The van der Waals surface area contributed by atoms with E-state index in [0.29, 0.717) is 0 Å². The fourth-order valence-corrected chi connectivity index (χ4v) is 3.11. The zero-order valence-corrected chi connectivity index (χ0v) is 11.6. The third kappa shape index (κ3) is 4.86. The maximum absolute atomic E-state index is 3.78. The van der Waals surface area contributed by atoms with E-state index in [1.54, 1.807) is 0 Å². The third-order valence-corrected chi connectivity index (χ3v) is 4.15. The van der Waals surface area contributed by atoms with E-state index >= 15 is 0 Å². The van der Waals surface area contributed by atoms with Crippen LogP contribution in [0.25, 0.3) is 0 Å². The van der Waals surface area contributed by atoms with Crippen molar-refractivity contribution in [2.75, 3.05) is 6.54 Å². The first kappa shape index (κ1) is 14.0. The van der Waals surface area contributed by atoms with Gasteiger partial charge in [0.05, 0.1) is 0 Å². The lowest BCUT2D eigenvalue weighted by molar-refractivity contribution is 0.293. The highest BCUT2D eigenvalue weighted by molar-refractivity contribution is 4.79. The maximum atomic E-state index is 3.78. The zero-order chi connectivity index (χ0) is 11.8. The highest BCUT2D eigenvalue weighted by Gasteiger charge is 2.23. The fraction of sp³-hybridized carbons (Fsp3) is 1.00. The molecule has 0 aliphatic heterocycles. The van der Waals surface area contributed by atoms with E-state index < -0.39 is 0 Å². The van der Waals surface area contributed by atoms with Crippen LogP contribution in [0, 0.1) is 11.8 Å². The molecule has 0 radical (unpaired) electrons. The van der Waals surface area contributed by atoms with Gasteiger partial charge in [0, 0.05) is 6.04 Å². The van der Waals surface area contributed by atoms with Crippen LogP contribution in [0.15, 0.2) is 0 Å². The van der Waals surface area contributed by atoms with Crippen LogP contribution in [-0.2, 0) is 0 Å². The maximum Gasteiger partial charge on any atom is 0.00953 e. The van der Waals surface area contributed by atoms with E-state index in [2.05, 4.69) is 26.1 Å². The SMILES string of the molecule is CCCNC(CC1CCCC1)C(C)CCC. The molecule has 1 nitrogen and oxygen atoms in total. The highest BCUT2D eigenvalue weighted by Crippen LogP contribution is 2.30. The molecule has 0 heterocycles. The largest absolute Gasteiger partial charge is 0.314 e. The molecule has 1 aliphatic carbocycles. The topological polar surface area (TPSA) is 12.0 Å². The van der Waals surface area contributed by atoms with Crippen molar-refractivity contribution in [3.05, 3.63) is 0 Å². The second-order valence-electron chi connectivity index (χ2n) is 5.71. The Hall–Kier alpha value is -0.0400. The molecule has 16 heavy (non-hydrogen) atoms. The Morgan fingerprint density at radius 2 is 1.81 bits per heavy atom. The van der Waals surface area contributed by atoms with Gasteiger partial charge in [-0.25, -0.2) is 0 Å². The summed E-state index contributed by atoms with van der Waals surface area (Å²) in [6, 6.07) is 0.781. The summed E-state index contributed by atoms with van der Waals surface area (Å²) in [6.07, 6.45) is 11.3. The lowest BCUT2D eigenvalue weighted by Gasteiger charge is -2.27. The van der Waals surface area contributed by atoms with Gasteiger partial charge < -0.3 is 5.32 Å². The van der Waals surface area contributed by atoms with E-state index in [1.807, 2.05) is 0 Å². The van der Waals surface area contributed by atoms with Gasteiger partial charge in [0.25, 0.3) is 0 Å². The molecule has 0 bridgehead atoms. The second-order valence-corrected chi connectivity index (χ2v) is 5.71. The average Bonchev–Trinajstić information content (AvgIpc) is 2.77. The first-order valence-electron chi connectivity index (χ1n) is 7.51.